The zero-order valence-electron chi connectivity index (χ0n) is 4.57. The maximum atomic E-state index is 8.33. The molecule has 0 aliphatic heterocycles. The molecular weight excluding hydrogens is 526 g/mol. The second kappa shape index (κ2) is 66.9. The SMILES string of the molecule is O=C([O-])[O-].[Br-].[Br-].[Cl-].[Cl-].[Co+2].[Co+2].[Co+2].[Co]. The van der Waals surface area contributed by atoms with Crippen molar-refractivity contribution < 1.29 is 141 Å². The molecular formula is CBr2Cl2Co4O3. The van der Waals surface area contributed by atoms with Crippen LogP contribution in [0.25, 0.3) is 0 Å². The number of rotatable bonds is 0. The first-order valence-electron chi connectivity index (χ1n) is 0.612. The Morgan fingerprint density at radius 1 is 0.833 bits per heavy atom. The molecule has 0 atom stereocenters. The third kappa shape index (κ3) is 224. The normalized spacial score (nSPS) is 2.00. The summed E-state index contributed by atoms with van der Waals surface area (Å²) >= 11 is 0. The number of halogens is 4. The molecule has 0 aliphatic rings. The molecule has 0 aliphatic carbocycles. The zero-order chi connectivity index (χ0) is 3.58. The fourth-order valence-corrected chi connectivity index (χ4v) is 0. The minimum Gasteiger partial charge on any atom is -1.00 e. The third-order valence-corrected chi connectivity index (χ3v) is 0. The molecule has 0 aromatic rings. The summed E-state index contributed by atoms with van der Waals surface area (Å²) in [7, 11) is 0. The van der Waals surface area contributed by atoms with E-state index < -0.39 is 6.16 Å². The van der Waals surface area contributed by atoms with E-state index in [1.54, 1.807) is 0 Å². The summed E-state index contributed by atoms with van der Waals surface area (Å²) < 4.78 is 0. The van der Waals surface area contributed by atoms with Crippen molar-refractivity contribution in [1.29, 1.82) is 0 Å². The number of carboxylic acid groups (broad SMARTS) is 2. The van der Waals surface area contributed by atoms with E-state index >= 15 is 0 Å². The summed E-state index contributed by atoms with van der Waals surface area (Å²) in [5.41, 5.74) is 0. The van der Waals surface area contributed by atoms with Crippen LogP contribution in [0.15, 0.2) is 0 Å². The summed E-state index contributed by atoms with van der Waals surface area (Å²) in [6.07, 6.45) is -2.33. The van der Waals surface area contributed by atoms with Crippen molar-refractivity contribution in [2.75, 3.05) is 0 Å². The molecule has 0 saturated carbocycles. The number of carbonyl (C=O) groups excluding carboxylic acids is 1. The van der Waals surface area contributed by atoms with E-state index in [1.807, 2.05) is 0 Å². The average Bonchev–Trinajstić information content (AvgIpc) is 0.811. The molecule has 0 aromatic heterocycles. The summed E-state index contributed by atoms with van der Waals surface area (Å²) in [4.78, 5) is 8.33. The van der Waals surface area contributed by atoms with Crippen LogP contribution in [0, 0.1) is 0 Å². The topological polar surface area (TPSA) is 63.2 Å². The van der Waals surface area contributed by atoms with Gasteiger partial charge >= 0.3 is 50.3 Å². The summed E-state index contributed by atoms with van der Waals surface area (Å²) in [5, 5.41) is 16.7. The average molecular weight is 526 g/mol. The van der Waals surface area contributed by atoms with Gasteiger partial charge in [0.05, 0.1) is 0 Å². The van der Waals surface area contributed by atoms with Gasteiger partial charge in [-0.1, -0.05) is 0 Å². The van der Waals surface area contributed by atoms with E-state index in [4.69, 9.17) is 15.0 Å². The van der Waals surface area contributed by atoms with Gasteiger partial charge in [0.15, 0.2) is 0 Å². The van der Waals surface area contributed by atoms with E-state index in [2.05, 4.69) is 0 Å². The molecule has 0 N–H and O–H groups in total. The van der Waals surface area contributed by atoms with Gasteiger partial charge in [-0.3, -0.25) is 0 Å². The monoisotopic (exact) mass is 523 g/mol. The third-order valence-electron chi connectivity index (χ3n) is 0. The van der Waals surface area contributed by atoms with Crippen molar-refractivity contribution in [1.82, 2.24) is 0 Å². The van der Waals surface area contributed by atoms with E-state index in [0.717, 1.165) is 0 Å². The Kier molecular flexibility index (Phi) is 465. The molecule has 0 heterocycles. The van der Waals surface area contributed by atoms with Crippen LogP contribution >= 0.6 is 0 Å². The Bertz CT molecular complexity index is 49.3. The summed E-state index contributed by atoms with van der Waals surface area (Å²) in [5.74, 6) is 0. The Labute approximate surface area is 145 Å². The van der Waals surface area contributed by atoms with Gasteiger partial charge in [0, 0.05) is 16.8 Å². The van der Waals surface area contributed by atoms with Gasteiger partial charge in [-0.25, -0.2) is 0 Å². The fourth-order valence-electron chi connectivity index (χ4n) is 0. The van der Waals surface area contributed by atoms with Gasteiger partial charge in [-0.05, 0) is 6.16 Å². The van der Waals surface area contributed by atoms with Crippen LogP contribution in [0.2, 0.25) is 0 Å². The minimum atomic E-state index is -2.33. The molecule has 0 aromatic carbocycles. The second-order valence-corrected chi connectivity index (χ2v) is 0.250. The maximum Gasteiger partial charge on any atom is 2.00 e. The molecule has 0 fully saturated rings. The quantitative estimate of drug-likeness (QED) is 0.315. The van der Waals surface area contributed by atoms with Crippen molar-refractivity contribution >= 4 is 6.16 Å². The second-order valence-electron chi connectivity index (χ2n) is 0.250. The maximum absolute atomic E-state index is 8.33. The molecule has 0 amide bonds. The minimum absolute atomic E-state index is 0. The van der Waals surface area contributed by atoms with E-state index in [1.165, 1.54) is 0 Å². The Hall–Kier alpha value is 2.84. The van der Waals surface area contributed by atoms with Gasteiger partial charge in [-0.2, -0.15) is 0 Å². The first kappa shape index (κ1) is 83.4. The Balaban J connectivity index is -0.00000000161. The van der Waals surface area contributed by atoms with Crippen LogP contribution in [-0.2, 0) is 67.1 Å². The first-order valence-corrected chi connectivity index (χ1v) is 0.612. The van der Waals surface area contributed by atoms with Gasteiger partial charge in [0.1, 0.15) is 0 Å². The predicted octanol–water partition coefficient (Wildman–Crippen LogP) is -14.4. The fraction of sp³-hybridized carbons (Fsp3) is 0. The van der Waals surface area contributed by atoms with Crippen LogP contribution in [0.5, 0.6) is 0 Å². The molecule has 3 nitrogen and oxygen atoms in total. The van der Waals surface area contributed by atoms with Crippen LogP contribution in [0.1, 0.15) is 0 Å². The van der Waals surface area contributed by atoms with Gasteiger partial charge in [0.2, 0.25) is 0 Å². The van der Waals surface area contributed by atoms with E-state index in [0.29, 0.717) is 0 Å². The molecule has 0 unspecified atom stereocenters. The zero-order valence-corrected chi connectivity index (χ0v) is 13.4. The summed E-state index contributed by atoms with van der Waals surface area (Å²) in [6.45, 7) is 0. The molecule has 0 spiro atoms. The molecule has 11 heteroatoms. The van der Waals surface area contributed by atoms with Crippen molar-refractivity contribution in [3.63, 3.8) is 0 Å². The Morgan fingerprint density at radius 2 is 0.833 bits per heavy atom. The standard InChI is InChI=1S/CH2O3.2BrH.2ClH.4Co/c2-1(3)4;;;;;;;;/h(H2,2,3,4);4*1H;;;;/q;;;;;;3*+2/p-6. The Morgan fingerprint density at radius 3 is 0.833 bits per heavy atom. The van der Waals surface area contributed by atoms with Crippen molar-refractivity contribution in [2.24, 2.45) is 0 Å². The van der Waals surface area contributed by atoms with Crippen LogP contribution in [0.4, 0.5) is 4.79 Å². The molecule has 0 rings (SSSR count). The first-order chi connectivity index (χ1) is 1.73. The molecule has 0 bridgehead atoms. The van der Waals surface area contributed by atoms with Gasteiger partial charge in [0.25, 0.3) is 0 Å². The molecule has 0 saturated heterocycles. The van der Waals surface area contributed by atoms with Crippen LogP contribution < -0.4 is 69.0 Å². The number of carbonyl (C=O) groups is 1. The summed E-state index contributed by atoms with van der Waals surface area (Å²) in [6, 6.07) is 0. The predicted molar refractivity (Wildman–Crippen MR) is 5.40 cm³/mol. The number of hydrogen-bond donors (Lipinski definition) is 0. The molecule has 12 heavy (non-hydrogen) atoms. The largest absolute Gasteiger partial charge is 2.00 e. The molecule has 86 valence electrons. The van der Waals surface area contributed by atoms with Crippen molar-refractivity contribution in [2.45, 2.75) is 0 Å². The van der Waals surface area contributed by atoms with Crippen molar-refractivity contribution in [3.8, 4) is 0 Å². The smallest absolute Gasteiger partial charge is 1.00 e. The van der Waals surface area contributed by atoms with Gasteiger partial charge < -0.3 is 73.8 Å². The van der Waals surface area contributed by atoms with Gasteiger partial charge in [-0.15, -0.1) is 0 Å². The van der Waals surface area contributed by atoms with E-state index in [9.17, 15) is 0 Å². The van der Waals surface area contributed by atoms with Crippen LogP contribution in [0.3, 0.4) is 0 Å². The molecule has 4 radical (unpaired) electrons. The number of hydrogen-bond acceptors (Lipinski definition) is 3. The van der Waals surface area contributed by atoms with E-state index in [-0.39, 0.29) is 126 Å². The van der Waals surface area contributed by atoms with Crippen molar-refractivity contribution in [3.05, 3.63) is 0 Å². The van der Waals surface area contributed by atoms with Crippen LogP contribution in [-0.4, -0.2) is 6.16 Å².